The number of allylic oxidation sites excluding steroid dienone is 2. The Balaban J connectivity index is 0.00000200. The van der Waals surface area contributed by atoms with E-state index in [1.807, 2.05) is 0 Å². The van der Waals surface area contributed by atoms with Crippen molar-refractivity contribution in [3.8, 4) is 22.3 Å². The van der Waals surface area contributed by atoms with Crippen LogP contribution in [-0.2, 0) is 20.3 Å². The third-order valence-electron chi connectivity index (χ3n) is 11.8. The van der Waals surface area contributed by atoms with Gasteiger partial charge in [0.05, 0.1) is 0 Å². The van der Waals surface area contributed by atoms with Crippen molar-refractivity contribution in [2.24, 2.45) is 0 Å². The van der Waals surface area contributed by atoms with Crippen LogP contribution in [0.1, 0.15) is 89.6 Å². The first-order chi connectivity index (χ1) is 20.7. The average molecular weight is 713 g/mol. The molecule has 0 N–H and O–H groups in total. The molecule has 1 saturated heterocycles. The minimum absolute atomic E-state index is 0. The van der Waals surface area contributed by atoms with Crippen LogP contribution in [0.5, 0.6) is 0 Å². The zero-order chi connectivity index (χ0) is 30.2. The van der Waals surface area contributed by atoms with Gasteiger partial charge in [-0.3, -0.25) is 0 Å². The number of rotatable bonds is 6. The van der Waals surface area contributed by atoms with Gasteiger partial charge in [-0.2, -0.15) is 0 Å². The number of hydrogen-bond donors (Lipinski definition) is 0. The Hall–Kier alpha value is -2.18. The molecule has 0 nitrogen and oxygen atoms in total. The van der Waals surface area contributed by atoms with E-state index < -0.39 is 20.3 Å². The number of fused-ring (bicyclic) bond motifs is 2. The van der Waals surface area contributed by atoms with E-state index in [1.165, 1.54) is 52.8 Å². The third-order valence-corrected chi connectivity index (χ3v) is 24.8. The van der Waals surface area contributed by atoms with E-state index in [-0.39, 0.29) is 24.8 Å². The van der Waals surface area contributed by atoms with Crippen molar-refractivity contribution in [2.45, 2.75) is 83.7 Å². The molecular weight excluding hydrogens is 667 g/mol. The van der Waals surface area contributed by atoms with Gasteiger partial charge < -0.3 is 24.8 Å². The maximum Gasteiger partial charge on any atom is -1.00 e. The predicted molar refractivity (Wildman–Crippen MR) is 184 cm³/mol. The Labute approximate surface area is 288 Å². The second-order valence-corrected chi connectivity index (χ2v) is 25.0. The molecule has 0 spiro atoms. The van der Waals surface area contributed by atoms with Crippen LogP contribution in [0.15, 0.2) is 71.8 Å². The fourth-order valence-electron chi connectivity index (χ4n) is 9.14. The van der Waals surface area contributed by atoms with E-state index in [2.05, 4.69) is 128 Å². The molecule has 0 amide bonds. The zero-order valence-electron chi connectivity index (χ0n) is 28.2. The molecule has 0 bridgehead atoms. The second-order valence-electron chi connectivity index (χ2n) is 13.6. The van der Waals surface area contributed by atoms with E-state index >= 15 is 0 Å². The maximum absolute atomic E-state index is 2.82. The molecule has 4 aromatic carbocycles. The van der Waals surface area contributed by atoms with Crippen molar-refractivity contribution in [1.29, 1.82) is 0 Å². The minimum Gasteiger partial charge on any atom is -1.00 e. The van der Waals surface area contributed by atoms with Crippen LogP contribution in [0, 0.1) is 41.5 Å². The summed E-state index contributed by atoms with van der Waals surface area (Å²) in [7, 11) is 0. The Morgan fingerprint density at radius 2 is 0.867 bits per heavy atom. The van der Waals surface area contributed by atoms with Gasteiger partial charge in [0.1, 0.15) is 0 Å². The molecule has 2 unspecified atom stereocenters. The van der Waals surface area contributed by atoms with Gasteiger partial charge in [-0.05, 0) is 0 Å². The number of halogens is 2. The molecule has 0 aromatic heterocycles. The van der Waals surface area contributed by atoms with Crippen molar-refractivity contribution in [1.82, 2.24) is 0 Å². The monoisotopic (exact) mass is 710 g/mol. The van der Waals surface area contributed by atoms with Gasteiger partial charge in [0.15, 0.2) is 0 Å². The first-order valence-corrected chi connectivity index (χ1v) is 22.9. The molecule has 3 heteroatoms. The summed E-state index contributed by atoms with van der Waals surface area (Å²) in [6.07, 6.45) is 7.67. The quantitative estimate of drug-likeness (QED) is 0.221. The average Bonchev–Trinajstić information content (AvgIpc) is 3.58. The van der Waals surface area contributed by atoms with Gasteiger partial charge in [-0.15, -0.1) is 0 Å². The Bertz CT molecular complexity index is 1710. The summed E-state index contributed by atoms with van der Waals surface area (Å²) in [5.41, 5.74) is 24.8. The topological polar surface area (TPSA) is 0 Å². The molecule has 7 rings (SSSR count). The van der Waals surface area contributed by atoms with Gasteiger partial charge in [-0.1, -0.05) is 0 Å². The normalized spacial score (nSPS) is 18.0. The molecule has 1 aliphatic heterocycles. The SMILES string of the molecule is CCC1=Cc2c(-c3ccccc3)c(C)c(C)c(C)c2[CH]1[Zr+2]1([CH]2C(CC)=Cc3c(-c4ccccc4)c(C)c(C)c(C)c32)[CH2][CH2]1.[Cl-].[Cl-]. The first kappa shape index (κ1) is 34.2. The summed E-state index contributed by atoms with van der Waals surface area (Å²) in [6.45, 7) is 19.2. The van der Waals surface area contributed by atoms with Crippen LogP contribution in [0.3, 0.4) is 0 Å². The third kappa shape index (κ3) is 5.03. The molecule has 1 fully saturated rings. The summed E-state index contributed by atoms with van der Waals surface area (Å²) < 4.78 is 4.39. The molecule has 0 saturated carbocycles. The molecular formula is C42H46Cl2Zr. The molecule has 2 atom stereocenters. The van der Waals surface area contributed by atoms with Crippen LogP contribution < -0.4 is 24.8 Å². The smallest absolute Gasteiger partial charge is 1.00 e. The molecule has 3 aliphatic rings. The molecule has 1 heterocycles. The molecule has 0 radical (unpaired) electrons. The first-order valence-electron chi connectivity index (χ1n) is 16.5. The zero-order valence-corrected chi connectivity index (χ0v) is 32.1. The standard InChI is InChI=1S/2C20H21.C2H4.2ClH.Zr/c2*1-5-16-11-18-14(3)13(2)15(4)20(19(18)12-16)17-9-7-6-8-10-17;1-2;;;/h2*6-12H,5H2,1-4H3;1-2H2;2*1H;/q;;;;;+2/p-2. The summed E-state index contributed by atoms with van der Waals surface area (Å²) in [5.74, 6) is 0. The van der Waals surface area contributed by atoms with Gasteiger partial charge in [0, 0.05) is 0 Å². The van der Waals surface area contributed by atoms with Crippen molar-refractivity contribution < 1.29 is 45.1 Å². The van der Waals surface area contributed by atoms with E-state index in [0.29, 0.717) is 7.25 Å². The summed E-state index contributed by atoms with van der Waals surface area (Å²) >= 11 is -2.82. The van der Waals surface area contributed by atoms with E-state index in [9.17, 15) is 0 Å². The van der Waals surface area contributed by atoms with Crippen LogP contribution >= 0.6 is 0 Å². The van der Waals surface area contributed by atoms with Gasteiger partial charge in [0.25, 0.3) is 0 Å². The minimum atomic E-state index is -2.82. The van der Waals surface area contributed by atoms with Gasteiger partial charge in [0.2, 0.25) is 0 Å². The number of benzene rings is 4. The molecule has 45 heavy (non-hydrogen) atoms. The second kappa shape index (κ2) is 12.8. The van der Waals surface area contributed by atoms with Crippen molar-refractivity contribution in [3.63, 3.8) is 0 Å². The summed E-state index contributed by atoms with van der Waals surface area (Å²) in [4.78, 5) is 0. The summed E-state index contributed by atoms with van der Waals surface area (Å²) in [5, 5.41) is 0. The fraction of sp³-hybridized carbons (Fsp3) is 0.333. The fourth-order valence-corrected chi connectivity index (χ4v) is 27.4. The van der Waals surface area contributed by atoms with Crippen LogP contribution in [0.25, 0.3) is 34.4 Å². The van der Waals surface area contributed by atoms with Crippen molar-refractivity contribution in [3.05, 3.63) is 127 Å². The molecule has 232 valence electrons. The van der Waals surface area contributed by atoms with Crippen molar-refractivity contribution >= 4 is 12.2 Å². The number of hydrogen-bond acceptors (Lipinski definition) is 0. The molecule has 2 aliphatic carbocycles. The van der Waals surface area contributed by atoms with Crippen LogP contribution in [-0.4, -0.2) is 0 Å². The van der Waals surface area contributed by atoms with E-state index in [1.54, 1.807) is 44.5 Å². The van der Waals surface area contributed by atoms with Gasteiger partial charge in [-0.25, -0.2) is 0 Å². The van der Waals surface area contributed by atoms with E-state index in [0.717, 1.165) is 12.8 Å². The largest absolute Gasteiger partial charge is 1.00 e. The predicted octanol–water partition coefficient (Wildman–Crippen LogP) is 6.28. The van der Waals surface area contributed by atoms with Crippen molar-refractivity contribution in [2.75, 3.05) is 0 Å². The summed E-state index contributed by atoms with van der Waals surface area (Å²) in [6, 6.07) is 22.4. The Morgan fingerprint density at radius 1 is 0.511 bits per heavy atom. The van der Waals surface area contributed by atoms with Gasteiger partial charge >= 0.3 is 266 Å². The Morgan fingerprint density at radius 3 is 1.18 bits per heavy atom. The molecule has 4 aromatic rings. The Kier molecular flexibility index (Phi) is 9.71. The maximum atomic E-state index is 2.67. The van der Waals surface area contributed by atoms with Crippen LogP contribution in [0.2, 0.25) is 8.26 Å². The van der Waals surface area contributed by atoms with Crippen LogP contribution in [0.4, 0.5) is 0 Å². The van der Waals surface area contributed by atoms with E-state index in [4.69, 9.17) is 0 Å².